The van der Waals surface area contributed by atoms with Gasteiger partial charge in [0.2, 0.25) is 0 Å². The minimum atomic E-state index is -0.434. The van der Waals surface area contributed by atoms with Gasteiger partial charge >= 0.3 is 5.97 Å². The van der Waals surface area contributed by atoms with Crippen LogP contribution in [0.4, 0.5) is 5.69 Å². The molecule has 0 aromatic heterocycles. The van der Waals surface area contributed by atoms with Crippen molar-refractivity contribution in [2.45, 2.75) is 19.8 Å². The second-order valence-electron chi connectivity index (χ2n) is 6.79. The van der Waals surface area contributed by atoms with Gasteiger partial charge in [0.15, 0.2) is 0 Å². The molecule has 6 nitrogen and oxygen atoms in total. The third-order valence-corrected chi connectivity index (χ3v) is 5.10. The molecular formula is C24H23BrN2O4. The number of methoxy groups -OCH3 is 1. The Kier molecular flexibility index (Phi) is 7.41. The summed E-state index contributed by atoms with van der Waals surface area (Å²) >= 11 is 3.48. The summed E-state index contributed by atoms with van der Waals surface area (Å²) in [5, 5.41) is 5.92. The van der Waals surface area contributed by atoms with Crippen molar-refractivity contribution in [2.24, 2.45) is 5.10 Å². The first kappa shape index (κ1) is 22.5. The van der Waals surface area contributed by atoms with Crippen LogP contribution in [-0.2, 0) is 9.53 Å². The van der Waals surface area contributed by atoms with Crippen LogP contribution in [0.25, 0.3) is 6.08 Å². The molecule has 0 spiro atoms. The molecule has 0 saturated carbocycles. The molecule has 0 saturated heterocycles. The van der Waals surface area contributed by atoms with Crippen molar-refractivity contribution in [3.05, 3.63) is 76.3 Å². The van der Waals surface area contributed by atoms with Gasteiger partial charge in [0.25, 0.3) is 5.91 Å². The molecule has 2 aromatic rings. The van der Waals surface area contributed by atoms with Gasteiger partial charge in [-0.2, -0.15) is 10.1 Å². The van der Waals surface area contributed by atoms with E-state index in [9.17, 15) is 9.59 Å². The van der Waals surface area contributed by atoms with Crippen molar-refractivity contribution in [3.8, 4) is 5.75 Å². The Hall–Kier alpha value is -3.19. The number of anilines is 1. The number of esters is 1. The first-order chi connectivity index (χ1) is 15.0. The van der Waals surface area contributed by atoms with Crippen molar-refractivity contribution in [1.29, 1.82) is 0 Å². The van der Waals surface area contributed by atoms with E-state index < -0.39 is 5.97 Å². The maximum atomic E-state index is 13.3. The van der Waals surface area contributed by atoms with Crippen LogP contribution in [0.2, 0.25) is 0 Å². The molecule has 0 fully saturated rings. The van der Waals surface area contributed by atoms with E-state index in [0.717, 1.165) is 16.5 Å². The van der Waals surface area contributed by atoms with Gasteiger partial charge in [-0.15, -0.1) is 0 Å². The predicted octanol–water partition coefficient (Wildman–Crippen LogP) is 5.39. The highest BCUT2D eigenvalue weighted by Gasteiger charge is 2.31. The number of carbonyl (C=O) groups excluding carboxylic acids is 2. The molecule has 1 heterocycles. The number of hydrogen-bond donors (Lipinski definition) is 0. The zero-order chi connectivity index (χ0) is 22.4. The number of rotatable bonds is 8. The maximum absolute atomic E-state index is 13.3. The summed E-state index contributed by atoms with van der Waals surface area (Å²) in [6.07, 6.45) is 4.98. The fourth-order valence-corrected chi connectivity index (χ4v) is 3.50. The van der Waals surface area contributed by atoms with Crippen LogP contribution in [0, 0.1) is 0 Å². The van der Waals surface area contributed by atoms with Gasteiger partial charge in [-0.05, 0) is 55.0 Å². The molecule has 1 amide bonds. The summed E-state index contributed by atoms with van der Waals surface area (Å²) in [6.45, 7) is 6.08. The van der Waals surface area contributed by atoms with Gasteiger partial charge in [0, 0.05) is 10.0 Å². The zero-order valence-corrected chi connectivity index (χ0v) is 19.0. The second kappa shape index (κ2) is 10.2. The highest BCUT2D eigenvalue weighted by atomic mass is 79.9. The lowest BCUT2D eigenvalue weighted by Crippen LogP contribution is -2.21. The van der Waals surface area contributed by atoms with Crippen molar-refractivity contribution in [1.82, 2.24) is 0 Å². The molecule has 160 valence electrons. The topological polar surface area (TPSA) is 68.2 Å². The van der Waals surface area contributed by atoms with Crippen LogP contribution in [0.5, 0.6) is 5.75 Å². The van der Waals surface area contributed by atoms with Gasteiger partial charge < -0.3 is 9.47 Å². The normalized spacial score (nSPS) is 14.5. The standard InChI is InChI=1S/C24H23BrN2O4/c1-4-6-21-20(15-17-14-18(25)9-12-22(17)31-13-5-2)23(28)27(26-21)19-10-7-16(8-11-19)24(29)30-3/h5,7-12,14-15H,2,4,6,13H2,1,3H3/b20-15+. The molecule has 0 radical (unpaired) electrons. The summed E-state index contributed by atoms with van der Waals surface area (Å²) in [4.78, 5) is 24.9. The Labute approximate surface area is 190 Å². The summed E-state index contributed by atoms with van der Waals surface area (Å²) < 4.78 is 11.3. The number of ether oxygens (including phenoxy) is 2. The maximum Gasteiger partial charge on any atom is 0.337 e. The van der Waals surface area contributed by atoms with E-state index in [1.807, 2.05) is 31.2 Å². The van der Waals surface area contributed by atoms with Crippen LogP contribution < -0.4 is 9.75 Å². The number of halogens is 1. The second-order valence-corrected chi connectivity index (χ2v) is 7.71. The summed E-state index contributed by atoms with van der Waals surface area (Å²) in [5.74, 6) is -0.0131. The van der Waals surface area contributed by atoms with Crippen LogP contribution in [0.1, 0.15) is 35.7 Å². The SMILES string of the molecule is C=CCOc1ccc(Br)cc1/C=C1/C(=O)N(c2ccc(C(=O)OC)cc2)N=C1CCC. The van der Waals surface area contributed by atoms with Gasteiger partial charge in [-0.1, -0.05) is 41.9 Å². The van der Waals surface area contributed by atoms with E-state index in [-0.39, 0.29) is 5.91 Å². The Morgan fingerprint density at radius 3 is 2.61 bits per heavy atom. The molecular weight excluding hydrogens is 460 g/mol. The van der Waals surface area contributed by atoms with Crippen molar-refractivity contribution >= 4 is 45.3 Å². The van der Waals surface area contributed by atoms with Gasteiger partial charge in [0.05, 0.1) is 29.6 Å². The minimum absolute atomic E-state index is 0.232. The Bertz CT molecular complexity index is 1060. The number of hydrogen-bond acceptors (Lipinski definition) is 5. The monoisotopic (exact) mass is 482 g/mol. The highest BCUT2D eigenvalue weighted by Crippen LogP contribution is 2.31. The summed E-state index contributed by atoms with van der Waals surface area (Å²) in [5.41, 5.74) is 2.97. The predicted molar refractivity (Wildman–Crippen MR) is 125 cm³/mol. The average Bonchev–Trinajstić information content (AvgIpc) is 3.08. The average molecular weight is 483 g/mol. The molecule has 7 heteroatoms. The summed E-state index contributed by atoms with van der Waals surface area (Å²) in [7, 11) is 1.33. The Balaban J connectivity index is 1.98. The van der Waals surface area contributed by atoms with Crippen molar-refractivity contribution < 1.29 is 19.1 Å². The molecule has 3 rings (SSSR count). The molecule has 0 atom stereocenters. The first-order valence-corrected chi connectivity index (χ1v) is 10.6. The van der Waals surface area contributed by atoms with Crippen LogP contribution >= 0.6 is 15.9 Å². The Morgan fingerprint density at radius 1 is 1.23 bits per heavy atom. The lowest BCUT2D eigenvalue weighted by atomic mass is 10.0. The molecule has 1 aliphatic heterocycles. The third-order valence-electron chi connectivity index (χ3n) is 4.60. The van der Waals surface area contributed by atoms with E-state index in [1.165, 1.54) is 12.1 Å². The van der Waals surface area contributed by atoms with E-state index in [4.69, 9.17) is 9.47 Å². The van der Waals surface area contributed by atoms with Crippen LogP contribution in [0.3, 0.4) is 0 Å². The van der Waals surface area contributed by atoms with E-state index in [0.29, 0.717) is 41.3 Å². The molecule has 0 N–H and O–H groups in total. The fourth-order valence-electron chi connectivity index (χ4n) is 3.12. The number of benzene rings is 2. The fraction of sp³-hybridized carbons (Fsp3) is 0.208. The molecule has 0 unspecified atom stereocenters. The van der Waals surface area contributed by atoms with Crippen LogP contribution in [-0.4, -0.2) is 31.3 Å². The first-order valence-electron chi connectivity index (χ1n) is 9.84. The number of carbonyl (C=O) groups is 2. The molecule has 0 bridgehead atoms. The van der Waals surface area contributed by atoms with E-state index >= 15 is 0 Å². The number of nitrogens with zero attached hydrogens (tertiary/aromatic N) is 2. The van der Waals surface area contributed by atoms with Gasteiger partial charge in [-0.25, -0.2) is 4.79 Å². The van der Waals surface area contributed by atoms with E-state index in [2.05, 4.69) is 27.6 Å². The molecule has 31 heavy (non-hydrogen) atoms. The highest BCUT2D eigenvalue weighted by molar-refractivity contribution is 9.10. The van der Waals surface area contributed by atoms with Crippen molar-refractivity contribution in [3.63, 3.8) is 0 Å². The minimum Gasteiger partial charge on any atom is -0.489 e. The molecule has 0 aliphatic carbocycles. The van der Waals surface area contributed by atoms with Gasteiger partial charge in [0.1, 0.15) is 12.4 Å². The largest absolute Gasteiger partial charge is 0.489 e. The number of hydrazone groups is 1. The molecule has 2 aromatic carbocycles. The lowest BCUT2D eigenvalue weighted by Gasteiger charge is -2.12. The van der Waals surface area contributed by atoms with Crippen LogP contribution in [0.15, 0.2) is 70.3 Å². The summed E-state index contributed by atoms with van der Waals surface area (Å²) in [6, 6.07) is 12.2. The lowest BCUT2D eigenvalue weighted by molar-refractivity contribution is -0.114. The third kappa shape index (κ3) is 5.11. The van der Waals surface area contributed by atoms with Gasteiger partial charge in [-0.3, -0.25) is 4.79 Å². The van der Waals surface area contributed by atoms with E-state index in [1.54, 1.807) is 30.3 Å². The quantitative estimate of drug-likeness (QED) is 0.287. The Morgan fingerprint density at radius 2 is 1.97 bits per heavy atom. The van der Waals surface area contributed by atoms with Crippen molar-refractivity contribution in [2.75, 3.05) is 18.7 Å². The number of amides is 1. The smallest absolute Gasteiger partial charge is 0.337 e. The zero-order valence-electron chi connectivity index (χ0n) is 17.4. The molecule has 1 aliphatic rings.